The van der Waals surface area contributed by atoms with Gasteiger partial charge in [0.2, 0.25) is 0 Å². The quantitative estimate of drug-likeness (QED) is 0.382. The van der Waals surface area contributed by atoms with Crippen LogP contribution in [-0.2, 0) is 0 Å². The van der Waals surface area contributed by atoms with E-state index in [-0.39, 0.29) is 30.0 Å². The lowest BCUT2D eigenvalue weighted by Crippen LogP contribution is -2.44. The normalized spacial score (nSPS) is 20.2. The number of rotatable bonds is 4. The zero-order valence-electron chi connectivity index (χ0n) is 14.5. The second kappa shape index (κ2) is 10.7. The summed E-state index contributed by atoms with van der Waals surface area (Å²) in [6.45, 7) is 5.38. The van der Waals surface area contributed by atoms with Crippen molar-refractivity contribution in [3.63, 3.8) is 0 Å². The number of guanidine groups is 1. The molecule has 7 heteroatoms. The Balaban J connectivity index is 0.00000288. The maximum atomic E-state index is 6.09. The van der Waals surface area contributed by atoms with E-state index < -0.39 is 0 Å². The van der Waals surface area contributed by atoms with Gasteiger partial charge in [0, 0.05) is 20.1 Å². The summed E-state index contributed by atoms with van der Waals surface area (Å²) in [6, 6.07) is 5.80. The molecule has 1 aliphatic heterocycles. The van der Waals surface area contributed by atoms with Crippen LogP contribution in [0.1, 0.15) is 31.4 Å². The fraction of sp³-hybridized carbons (Fsp3) is 0.588. The lowest BCUT2D eigenvalue weighted by atomic mass is 9.98. The molecule has 2 atom stereocenters. The number of nitrogens with one attached hydrogen (secondary N) is 2. The molecule has 0 aliphatic carbocycles. The molecule has 0 spiro atoms. The number of nitrogens with zero attached hydrogens (tertiary/aromatic N) is 2. The van der Waals surface area contributed by atoms with Gasteiger partial charge in [-0.2, -0.15) is 0 Å². The van der Waals surface area contributed by atoms with Crippen molar-refractivity contribution >= 4 is 53.1 Å². The third kappa shape index (κ3) is 6.58. The first-order valence-electron chi connectivity index (χ1n) is 8.10. The molecular formula is C17H27Cl2IN4. The van der Waals surface area contributed by atoms with Crippen molar-refractivity contribution < 1.29 is 0 Å². The standard InChI is InChI=1S/C17H26Cl2N4.HI/c1-12(14-6-7-15(18)16(19)9-14)22-17(20-2)21-10-13-5-4-8-23(3)11-13;/h6-7,9,12-13H,4-5,8,10-11H2,1-3H3,(H2,20,21,22);1H. The largest absolute Gasteiger partial charge is 0.356 e. The van der Waals surface area contributed by atoms with Gasteiger partial charge in [-0.15, -0.1) is 24.0 Å². The molecule has 2 N–H and O–H groups in total. The van der Waals surface area contributed by atoms with E-state index in [0.29, 0.717) is 16.0 Å². The summed E-state index contributed by atoms with van der Waals surface area (Å²) in [4.78, 5) is 6.71. The molecule has 1 aliphatic rings. The van der Waals surface area contributed by atoms with E-state index >= 15 is 0 Å². The Bertz CT molecular complexity index is 553. The summed E-state index contributed by atoms with van der Waals surface area (Å²) in [5, 5.41) is 7.99. The van der Waals surface area contributed by atoms with E-state index in [1.807, 2.05) is 18.2 Å². The molecule has 0 aromatic heterocycles. The molecule has 1 aromatic rings. The lowest BCUT2D eigenvalue weighted by molar-refractivity contribution is 0.210. The third-order valence-corrected chi connectivity index (χ3v) is 5.04. The molecule has 136 valence electrons. The van der Waals surface area contributed by atoms with Gasteiger partial charge >= 0.3 is 0 Å². The van der Waals surface area contributed by atoms with Gasteiger partial charge in [0.1, 0.15) is 0 Å². The average molecular weight is 485 g/mol. The Morgan fingerprint density at radius 1 is 1.38 bits per heavy atom. The van der Waals surface area contributed by atoms with Gasteiger partial charge in [0.25, 0.3) is 0 Å². The highest BCUT2D eigenvalue weighted by atomic mass is 127. The van der Waals surface area contributed by atoms with Crippen LogP contribution in [0.2, 0.25) is 10.0 Å². The average Bonchev–Trinajstić information content (AvgIpc) is 2.53. The van der Waals surface area contributed by atoms with Gasteiger partial charge in [0.05, 0.1) is 16.1 Å². The zero-order valence-corrected chi connectivity index (χ0v) is 18.3. The summed E-state index contributed by atoms with van der Waals surface area (Å²) in [6.07, 6.45) is 2.55. The van der Waals surface area contributed by atoms with Crippen molar-refractivity contribution in [2.75, 3.05) is 33.7 Å². The fourth-order valence-corrected chi connectivity index (χ4v) is 3.25. The maximum Gasteiger partial charge on any atom is 0.191 e. The van der Waals surface area contributed by atoms with Crippen molar-refractivity contribution in [2.45, 2.75) is 25.8 Å². The second-order valence-corrected chi connectivity index (χ2v) is 7.08. The summed E-state index contributed by atoms with van der Waals surface area (Å²) >= 11 is 12.1. The first-order valence-corrected chi connectivity index (χ1v) is 8.86. The first-order chi connectivity index (χ1) is 11.0. The van der Waals surface area contributed by atoms with E-state index in [4.69, 9.17) is 23.2 Å². The molecule has 0 saturated carbocycles. The van der Waals surface area contributed by atoms with Crippen LogP contribution >= 0.6 is 47.2 Å². The molecule has 1 heterocycles. The van der Waals surface area contributed by atoms with Crippen LogP contribution in [-0.4, -0.2) is 44.6 Å². The van der Waals surface area contributed by atoms with Crippen LogP contribution < -0.4 is 10.6 Å². The van der Waals surface area contributed by atoms with Crippen LogP contribution in [0.4, 0.5) is 0 Å². The highest BCUT2D eigenvalue weighted by Crippen LogP contribution is 2.25. The Morgan fingerprint density at radius 2 is 2.12 bits per heavy atom. The van der Waals surface area contributed by atoms with E-state index in [1.165, 1.54) is 19.4 Å². The highest BCUT2D eigenvalue weighted by molar-refractivity contribution is 14.0. The van der Waals surface area contributed by atoms with E-state index in [2.05, 4.69) is 34.5 Å². The van der Waals surface area contributed by atoms with E-state index in [0.717, 1.165) is 24.6 Å². The molecule has 1 fully saturated rings. The third-order valence-electron chi connectivity index (χ3n) is 4.30. The number of piperidine rings is 1. The van der Waals surface area contributed by atoms with E-state index in [9.17, 15) is 0 Å². The maximum absolute atomic E-state index is 6.09. The molecule has 4 nitrogen and oxygen atoms in total. The Hall–Kier alpha value is -0.240. The first kappa shape index (κ1) is 21.8. The van der Waals surface area contributed by atoms with Gasteiger partial charge in [0.15, 0.2) is 5.96 Å². The van der Waals surface area contributed by atoms with Crippen molar-refractivity contribution in [3.8, 4) is 0 Å². The second-order valence-electron chi connectivity index (χ2n) is 6.26. The fourth-order valence-electron chi connectivity index (χ4n) is 2.95. The van der Waals surface area contributed by atoms with Crippen LogP contribution in [0.25, 0.3) is 0 Å². The number of benzene rings is 1. The molecule has 0 radical (unpaired) electrons. The van der Waals surface area contributed by atoms with Gasteiger partial charge in [-0.1, -0.05) is 29.3 Å². The molecule has 1 saturated heterocycles. The summed E-state index contributed by atoms with van der Waals surface area (Å²) in [7, 11) is 3.98. The number of hydrogen-bond acceptors (Lipinski definition) is 2. The minimum atomic E-state index is 0. The predicted octanol–water partition coefficient (Wildman–Crippen LogP) is 4.18. The van der Waals surface area contributed by atoms with Crippen LogP contribution in [0.15, 0.2) is 23.2 Å². The van der Waals surface area contributed by atoms with Gasteiger partial charge in [-0.25, -0.2) is 0 Å². The number of likely N-dealkylation sites (tertiary alicyclic amines) is 1. The minimum Gasteiger partial charge on any atom is -0.356 e. The van der Waals surface area contributed by atoms with Gasteiger partial charge in [-0.05, 0) is 57.0 Å². The Morgan fingerprint density at radius 3 is 2.75 bits per heavy atom. The predicted molar refractivity (Wildman–Crippen MR) is 115 cm³/mol. The summed E-state index contributed by atoms with van der Waals surface area (Å²) in [5.74, 6) is 1.49. The molecule has 2 unspecified atom stereocenters. The Labute approximate surface area is 172 Å². The summed E-state index contributed by atoms with van der Waals surface area (Å²) < 4.78 is 0. The van der Waals surface area contributed by atoms with E-state index in [1.54, 1.807) is 7.05 Å². The van der Waals surface area contributed by atoms with Crippen molar-refractivity contribution in [1.82, 2.24) is 15.5 Å². The Kier molecular flexibility index (Phi) is 9.71. The smallest absolute Gasteiger partial charge is 0.191 e. The molecule has 0 amide bonds. The minimum absolute atomic E-state index is 0. The van der Waals surface area contributed by atoms with Gasteiger partial charge in [-0.3, -0.25) is 4.99 Å². The molecule has 1 aromatic carbocycles. The number of aliphatic imine (C=N–C) groups is 1. The number of halogens is 3. The van der Waals surface area contributed by atoms with Gasteiger partial charge < -0.3 is 15.5 Å². The molecular weight excluding hydrogens is 458 g/mol. The zero-order chi connectivity index (χ0) is 16.8. The molecule has 2 rings (SSSR count). The van der Waals surface area contributed by atoms with Crippen LogP contribution in [0.3, 0.4) is 0 Å². The molecule has 0 bridgehead atoms. The van der Waals surface area contributed by atoms with Crippen LogP contribution in [0.5, 0.6) is 0 Å². The molecule has 24 heavy (non-hydrogen) atoms. The van der Waals surface area contributed by atoms with Crippen LogP contribution in [0, 0.1) is 5.92 Å². The topological polar surface area (TPSA) is 39.7 Å². The van der Waals surface area contributed by atoms with Crippen molar-refractivity contribution in [3.05, 3.63) is 33.8 Å². The SMILES string of the molecule is CN=C(NCC1CCCN(C)C1)NC(C)c1ccc(Cl)c(Cl)c1.I. The monoisotopic (exact) mass is 484 g/mol. The lowest BCUT2D eigenvalue weighted by Gasteiger charge is -2.30. The summed E-state index contributed by atoms with van der Waals surface area (Å²) in [5.41, 5.74) is 1.08. The van der Waals surface area contributed by atoms with Crippen molar-refractivity contribution in [1.29, 1.82) is 0 Å². The highest BCUT2D eigenvalue weighted by Gasteiger charge is 2.17. The van der Waals surface area contributed by atoms with Crippen molar-refractivity contribution in [2.24, 2.45) is 10.9 Å². The number of hydrogen-bond donors (Lipinski definition) is 2.